The summed E-state index contributed by atoms with van der Waals surface area (Å²) in [5.41, 5.74) is 1.51. The van der Waals surface area contributed by atoms with Crippen LogP contribution in [-0.2, 0) is 4.79 Å². The van der Waals surface area contributed by atoms with Crippen molar-refractivity contribution in [1.29, 1.82) is 5.26 Å². The number of aromatic nitrogens is 1. The number of piperidine rings is 1. The van der Waals surface area contributed by atoms with E-state index in [-0.39, 0.29) is 23.3 Å². The van der Waals surface area contributed by atoms with Gasteiger partial charge in [-0.2, -0.15) is 5.26 Å². The van der Waals surface area contributed by atoms with Crippen LogP contribution in [0.25, 0.3) is 0 Å². The zero-order valence-corrected chi connectivity index (χ0v) is 22.0. The summed E-state index contributed by atoms with van der Waals surface area (Å²) in [7, 11) is 1.63. The van der Waals surface area contributed by atoms with Gasteiger partial charge in [0.2, 0.25) is 0 Å². The Kier molecular flexibility index (Phi) is 8.69. The van der Waals surface area contributed by atoms with Gasteiger partial charge in [-0.25, -0.2) is 4.99 Å². The highest BCUT2D eigenvalue weighted by molar-refractivity contribution is 6.18. The summed E-state index contributed by atoms with van der Waals surface area (Å²) >= 11 is 0. The maximum atomic E-state index is 13.6. The van der Waals surface area contributed by atoms with E-state index in [1.165, 1.54) is 6.08 Å². The lowest BCUT2D eigenvalue weighted by molar-refractivity contribution is -0.127. The van der Waals surface area contributed by atoms with E-state index in [1.54, 1.807) is 49.3 Å². The molecule has 0 spiro atoms. The SMILES string of the molecule is C=Nc1[nH]cc(C(=O)c2ccc(Oc3ccccc3)cc2)c1/C(=N\C)NC1CCCN(C(=O)/C(C#N)=C/C)C1. The third-order valence-electron chi connectivity index (χ3n) is 6.51. The highest BCUT2D eigenvalue weighted by Crippen LogP contribution is 2.27. The second kappa shape index (κ2) is 12.5. The van der Waals surface area contributed by atoms with Gasteiger partial charge in [-0.05, 0) is 62.9 Å². The minimum atomic E-state index is -0.285. The molecule has 0 aliphatic carbocycles. The first-order valence-electron chi connectivity index (χ1n) is 12.6. The molecule has 4 rings (SSSR count). The third kappa shape index (κ3) is 6.13. The molecule has 198 valence electrons. The maximum absolute atomic E-state index is 13.6. The number of carbonyl (C=O) groups is 2. The number of H-pyrrole nitrogens is 1. The minimum Gasteiger partial charge on any atom is -0.457 e. The number of ether oxygens (including phenoxy) is 1. The topological polar surface area (TPSA) is 123 Å². The van der Waals surface area contributed by atoms with E-state index >= 15 is 0 Å². The Morgan fingerprint density at radius 2 is 1.90 bits per heavy atom. The number of hydrogen-bond acceptors (Lipinski definition) is 6. The molecule has 0 saturated carbocycles. The monoisotopic (exact) mass is 522 g/mol. The van der Waals surface area contributed by atoms with Gasteiger partial charge in [-0.3, -0.25) is 14.6 Å². The number of nitriles is 1. The van der Waals surface area contributed by atoms with E-state index in [2.05, 4.69) is 27.0 Å². The van der Waals surface area contributed by atoms with Crippen LogP contribution in [0.4, 0.5) is 5.82 Å². The molecule has 2 aromatic carbocycles. The summed E-state index contributed by atoms with van der Waals surface area (Å²) in [6.07, 6.45) is 4.70. The molecule has 1 fully saturated rings. The molecule has 2 heterocycles. The zero-order chi connectivity index (χ0) is 27.8. The van der Waals surface area contributed by atoms with Crippen LogP contribution in [0.3, 0.4) is 0 Å². The number of amides is 1. The smallest absolute Gasteiger partial charge is 0.264 e. The fourth-order valence-electron chi connectivity index (χ4n) is 4.54. The second-order valence-electron chi connectivity index (χ2n) is 8.97. The van der Waals surface area contributed by atoms with Crippen molar-refractivity contribution in [1.82, 2.24) is 15.2 Å². The quantitative estimate of drug-likeness (QED) is 0.145. The predicted octanol–water partition coefficient (Wildman–Crippen LogP) is 4.80. The summed E-state index contributed by atoms with van der Waals surface area (Å²) < 4.78 is 5.84. The van der Waals surface area contributed by atoms with E-state index in [0.29, 0.717) is 52.9 Å². The molecule has 39 heavy (non-hydrogen) atoms. The van der Waals surface area contributed by atoms with Gasteiger partial charge >= 0.3 is 0 Å². The molecule has 0 bridgehead atoms. The Morgan fingerprint density at radius 1 is 1.18 bits per heavy atom. The number of hydrogen-bond donors (Lipinski definition) is 2. The summed E-state index contributed by atoms with van der Waals surface area (Å²) in [6, 6.07) is 18.2. The Bertz CT molecular complexity index is 1450. The average molecular weight is 523 g/mol. The predicted molar refractivity (Wildman–Crippen MR) is 151 cm³/mol. The summed E-state index contributed by atoms with van der Waals surface area (Å²) in [5.74, 6) is 1.71. The van der Waals surface area contributed by atoms with E-state index in [1.807, 2.05) is 36.4 Å². The lowest BCUT2D eigenvalue weighted by Gasteiger charge is -2.33. The van der Waals surface area contributed by atoms with E-state index < -0.39 is 0 Å². The minimum absolute atomic E-state index is 0.122. The van der Waals surface area contributed by atoms with Crippen LogP contribution >= 0.6 is 0 Å². The number of aliphatic imine (C=N–C) groups is 2. The Labute approximate surface area is 227 Å². The van der Waals surface area contributed by atoms with Gasteiger partial charge in [0.05, 0.1) is 11.1 Å². The fourth-order valence-corrected chi connectivity index (χ4v) is 4.54. The molecule has 3 aromatic rings. The molecule has 1 aliphatic rings. The molecular weight excluding hydrogens is 492 g/mol. The molecule has 1 atom stereocenters. The zero-order valence-electron chi connectivity index (χ0n) is 22.0. The molecule has 9 heteroatoms. The maximum Gasteiger partial charge on any atom is 0.264 e. The Hall–Kier alpha value is -4.97. The second-order valence-corrected chi connectivity index (χ2v) is 8.97. The van der Waals surface area contributed by atoms with Crippen molar-refractivity contribution in [3.05, 3.63) is 89.1 Å². The molecule has 1 amide bonds. The Balaban J connectivity index is 1.54. The van der Waals surface area contributed by atoms with Crippen LogP contribution in [0.1, 0.15) is 41.3 Å². The van der Waals surface area contributed by atoms with Gasteiger partial charge in [0.25, 0.3) is 5.91 Å². The van der Waals surface area contributed by atoms with Crippen molar-refractivity contribution < 1.29 is 14.3 Å². The van der Waals surface area contributed by atoms with E-state index in [9.17, 15) is 14.9 Å². The van der Waals surface area contributed by atoms with Gasteiger partial charge in [-0.1, -0.05) is 24.3 Å². The van der Waals surface area contributed by atoms with Crippen molar-refractivity contribution in [2.75, 3.05) is 20.1 Å². The molecule has 1 aliphatic heterocycles. The first-order valence-corrected chi connectivity index (χ1v) is 12.6. The number of allylic oxidation sites excluding steroid dienone is 1. The molecule has 1 unspecified atom stereocenters. The van der Waals surface area contributed by atoms with Crippen molar-refractivity contribution in [3.63, 3.8) is 0 Å². The van der Waals surface area contributed by atoms with Gasteiger partial charge < -0.3 is 19.9 Å². The molecular formula is C30H30N6O3. The van der Waals surface area contributed by atoms with Crippen molar-refractivity contribution >= 4 is 30.1 Å². The van der Waals surface area contributed by atoms with Gasteiger partial charge in [0, 0.05) is 37.9 Å². The van der Waals surface area contributed by atoms with Crippen LogP contribution < -0.4 is 10.1 Å². The lowest BCUT2D eigenvalue weighted by Crippen LogP contribution is -2.50. The molecule has 9 nitrogen and oxygen atoms in total. The number of likely N-dealkylation sites (tertiary alicyclic amines) is 1. The number of nitrogens with one attached hydrogen (secondary N) is 2. The highest BCUT2D eigenvalue weighted by Gasteiger charge is 2.28. The number of para-hydroxylation sites is 1. The molecule has 0 radical (unpaired) electrons. The largest absolute Gasteiger partial charge is 0.457 e. The van der Waals surface area contributed by atoms with Crippen molar-refractivity contribution in [3.8, 4) is 17.6 Å². The lowest BCUT2D eigenvalue weighted by atomic mass is 9.99. The molecule has 2 N–H and O–H groups in total. The molecule has 1 saturated heterocycles. The normalized spacial score (nSPS) is 15.8. The highest BCUT2D eigenvalue weighted by atomic mass is 16.5. The number of aromatic amines is 1. The summed E-state index contributed by atoms with van der Waals surface area (Å²) in [6.45, 7) is 6.30. The van der Waals surface area contributed by atoms with Gasteiger partial charge in [0.1, 0.15) is 34.8 Å². The number of nitrogens with zero attached hydrogens (tertiary/aromatic N) is 4. The third-order valence-corrected chi connectivity index (χ3v) is 6.51. The number of benzene rings is 2. The van der Waals surface area contributed by atoms with E-state index in [4.69, 9.17) is 4.74 Å². The van der Waals surface area contributed by atoms with Gasteiger partial charge in [0.15, 0.2) is 5.78 Å². The van der Waals surface area contributed by atoms with Crippen LogP contribution in [0.2, 0.25) is 0 Å². The molecule has 1 aromatic heterocycles. The number of amidine groups is 1. The number of rotatable bonds is 8. The van der Waals surface area contributed by atoms with Crippen LogP contribution in [0, 0.1) is 11.3 Å². The first-order chi connectivity index (χ1) is 19.0. The summed E-state index contributed by atoms with van der Waals surface area (Å²) in [5, 5.41) is 12.7. The van der Waals surface area contributed by atoms with Crippen molar-refractivity contribution in [2.24, 2.45) is 9.98 Å². The average Bonchev–Trinajstić information content (AvgIpc) is 3.41. The summed E-state index contributed by atoms with van der Waals surface area (Å²) in [4.78, 5) is 39.5. The Morgan fingerprint density at radius 3 is 2.54 bits per heavy atom. The van der Waals surface area contributed by atoms with Crippen molar-refractivity contribution in [2.45, 2.75) is 25.8 Å². The van der Waals surface area contributed by atoms with Crippen LogP contribution in [-0.4, -0.2) is 60.3 Å². The fraction of sp³-hybridized carbons (Fsp3) is 0.233. The first kappa shape index (κ1) is 27.1. The van der Waals surface area contributed by atoms with Crippen LogP contribution in [0.5, 0.6) is 11.5 Å². The van der Waals surface area contributed by atoms with Crippen LogP contribution in [0.15, 0.2) is 82.4 Å². The number of ketones is 1. The van der Waals surface area contributed by atoms with Gasteiger partial charge in [-0.15, -0.1) is 0 Å². The van der Waals surface area contributed by atoms with E-state index in [0.717, 1.165) is 12.8 Å². The standard InChI is InChI=1S/C30H30N6O3/c1-4-20(17-31)30(38)36-16-8-9-22(19-36)35-29(33-3)26-25(18-34-28(26)32-2)27(37)21-12-14-24(15-13-21)39-23-10-6-5-7-11-23/h4-7,10-15,18,22,34H,2,8-9,16,19H2,1,3H3,(H,33,35)/b20-4+. The number of carbonyl (C=O) groups excluding carboxylic acids is 2.